The molecule has 1 aliphatic rings. The molecule has 1 aromatic carbocycles. The molecule has 1 N–H and O–H groups in total. The van der Waals surface area contributed by atoms with Gasteiger partial charge in [-0.15, -0.1) is 0 Å². The summed E-state index contributed by atoms with van der Waals surface area (Å²) in [6.45, 7) is 1.44. The number of aromatic amines is 1. The number of nitrogens with one attached hydrogen (secondary N) is 1. The van der Waals surface area contributed by atoms with E-state index in [1.54, 1.807) is 19.2 Å². The van der Waals surface area contributed by atoms with E-state index in [1.807, 2.05) is 28.6 Å². The molecule has 122 valence electrons. The molecule has 1 atom stereocenters. The maximum absolute atomic E-state index is 12.7. The third kappa shape index (κ3) is 3.14. The number of H-pyrrole nitrogens is 1. The lowest BCUT2D eigenvalue weighted by Gasteiger charge is -2.32. The molecule has 0 spiro atoms. The Balaban J connectivity index is 1.76. The molecule has 2 heterocycles. The van der Waals surface area contributed by atoms with Crippen LogP contribution in [0.1, 0.15) is 34.9 Å². The second-order valence-electron chi connectivity index (χ2n) is 5.76. The summed E-state index contributed by atoms with van der Waals surface area (Å²) in [6, 6.07) is 7.24. The van der Waals surface area contributed by atoms with Gasteiger partial charge in [-0.05, 0) is 49.3 Å². The number of hydrogen-bond acceptors (Lipinski definition) is 4. The Morgan fingerprint density at radius 3 is 2.74 bits per heavy atom. The molecule has 6 nitrogen and oxygen atoms in total. The molecular formula is C16H20N4O2S. The first kappa shape index (κ1) is 15.7. The van der Waals surface area contributed by atoms with E-state index in [9.17, 15) is 4.79 Å². The Bertz CT molecular complexity index is 750. The van der Waals surface area contributed by atoms with Crippen LogP contribution >= 0.6 is 12.2 Å². The fraction of sp³-hybridized carbons (Fsp3) is 0.438. The Morgan fingerprint density at radius 2 is 2.13 bits per heavy atom. The summed E-state index contributed by atoms with van der Waals surface area (Å²) < 4.78 is 7.64. The molecule has 1 saturated heterocycles. The lowest BCUT2D eigenvalue weighted by molar-refractivity contribution is 0.0703. The summed E-state index contributed by atoms with van der Waals surface area (Å²) in [5, 5.41) is 7.14. The van der Waals surface area contributed by atoms with Crippen molar-refractivity contribution in [3.63, 3.8) is 0 Å². The first-order valence-electron chi connectivity index (χ1n) is 7.64. The van der Waals surface area contributed by atoms with Gasteiger partial charge in [-0.1, -0.05) is 0 Å². The van der Waals surface area contributed by atoms with Crippen LogP contribution in [0.2, 0.25) is 0 Å². The molecule has 0 bridgehead atoms. The van der Waals surface area contributed by atoms with Gasteiger partial charge in [0.05, 0.1) is 7.11 Å². The molecule has 0 saturated carbocycles. The van der Waals surface area contributed by atoms with Gasteiger partial charge in [0.15, 0.2) is 4.77 Å². The Labute approximate surface area is 140 Å². The summed E-state index contributed by atoms with van der Waals surface area (Å²) >= 11 is 5.18. The molecule has 1 aromatic heterocycles. The van der Waals surface area contributed by atoms with E-state index in [1.165, 1.54) is 0 Å². The number of methoxy groups -OCH3 is 1. The third-order valence-corrected chi connectivity index (χ3v) is 4.69. The predicted octanol–water partition coefficient (Wildman–Crippen LogP) is 2.51. The number of ether oxygens (including phenoxy) is 1. The summed E-state index contributed by atoms with van der Waals surface area (Å²) in [5.74, 6) is 1.93. The highest BCUT2D eigenvalue weighted by molar-refractivity contribution is 7.71. The van der Waals surface area contributed by atoms with Crippen LogP contribution in [0, 0.1) is 4.77 Å². The van der Waals surface area contributed by atoms with Crippen LogP contribution in [0.4, 0.5) is 0 Å². The van der Waals surface area contributed by atoms with Crippen LogP contribution in [0.3, 0.4) is 0 Å². The molecule has 2 aromatic rings. The Morgan fingerprint density at radius 1 is 1.39 bits per heavy atom. The summed E-state index contributed by atoms with van der Waals surface area (Å²) in [4.78, 5) is 14.6. The van der Waals surface area contributed by atoms with E-state index < -0.39 is 0 Å². The zero-order chi connectivity index (χ0) is 16.4. The lowest BCUT2D eigenvalue weighted by atomic mass is 9.96. The van der Waals surface area contributed by atoms with Crippen LogP contribution in [-0.4, -0.2) is 45.8 Å². The predicted molar refractivity (Wildman–Crippen MR) is 89.3 cm³/mol. The van der Waals surface area contributed by atoms with Crippen LogP contribution < -0.4 is 4.74 Å². The minimum Gasteiger partial charge on any atom is -0.497 e. The van der Waals surface area contributed by atoms with Gasteiger partial charge in [-0.25, -0.2) is 0 Å². The number of carbonyl (C=O) groups is 1. The van der Waals surface area contributed by atoms with E-state index in [4.69, 9.17) is 17.0 Å². The number of carbonyl (C=O) groups excluding carboxylic acids is 1. The number of nitrogens with zero attached hydrogens (tertiary/aromatic N) is 3. The van der Waals surface area contributed by atoms with Crippen molar-refractivity contribution < 1.29 is 9.53 Å². The van der Waals surface area contributed by atoms with Crippen LogP contribution in [-0.2, 0) is 7.05 Å². The van der Waals surface area contributed by atoms with Crippen molar-refractivity contribution in [2.75, 3.05) is 20.2 Å². The third-order valence-electron chi connectivity index (χ3n) is 4.33. The molecular weight excluding hydrogens is 312 g/mol. The number of piperidine rings is 1. The Kier molecular flexibility index (Phi) is 4.47. The maximum atomic E-state index is 12.7. The first-order valence-corrected chi connectivity index (χ1v) is 8.05. The summed E-state index contributed by atoms with van der Waals surface area (Å²) in [6.07, 6.45) is 1.98. The second-order valence-corrected chi connectivity index (χ2v) is 6.15. The minimum absolute atomic E-state index is 0.0501. The van der Waals surface area contributed by atoms with E-state index in [-0.39, 0.29) is 11.8 Å². The molecule has 23 heavy (non-hydrogen) atoms. The van der Waals surface area contributed by atoms with Crippen molar-refractivity contribution in [3.8, 4) is 5.75 Å². The van der Waals surface area contributed by atoms with Crippen LogP contribution in [0.15, 0.2) is 24.3 Å². The van der Waals surface area contributed by atoms with Crippen molar-refractivity contribution in [2.24, 2.45) is 7.05 Å². The van der Waals surface area contributed by atoms with E-state index >= 15 is 0 Å². The van der Waals surface area contributed by atoms with Gasteiger partial charge in [-0.3, -0.25) is 9.89 Å². The van der Waals surface area contributed by atoms with Crippen molar-refractivity contribution in [1.82, 2.24) is 19.7 Å². The molecule has 1 amide bonds. The average Bonchev–Trinajstić information content (AvgIpc) is 2.93. The number of rotatable bonds is 3. The van der Waals surface area contributed by atoms with E-state index in [2.05, 4.69) is 10.2 Å². The highest BCUT2D eigenvalue weighted by atomic mass is 32.1. The SMILES string of the molecule is COc1ccc(C(=O)N2CCCC(c3n[nH]c(=S)n3C)C2)cc1. The Hall–Kier alpha value is -2.15. The van der Waals surface area contributed by atoms with Crippen molar-refractivity contribution in [1.29, 1.82) is 0 Å². The molecule has 1 fully saturated rings. The smallest absolute Gasteiger partial charge is 0.253 e. The highest BCUT2D eigenvalue weighted by Crippen LogP contribution is 2.26. The fourth-order valence-electron chi connectivity index (χ4n) is 3.01. The lowest BCUT2D eigenvalue weighted by Crippen LogP contribution is -2.39. The average molecular weight is 332 g/mol. The zero-order valence-corrected chi connectivity index (χ0v) is 14.1. The number of hydrogen-bond donors (Lipinski definition) is 1. The normalized spacial score (nSPS) is 18.0. The van der Waals surface area contributed by atoms with Gasteiger partial charge >= 0.3 is 0 Å². The quantitative estimate of drug-likeness (QED) is 0.877. The van der Waals surface area contributed by atoms with E-state index in [0.717, 1.165) is 31.0 Å². The van der Waals surface area contributed by atoms with Gasteiger partial charge in [0.1, 0.15) is 11.6 Å². The summed E-state index contributed by atoms with van der Waals surface area (Å²) in [5.41, 5.74) is 0.682. The molecule has 7 heteroatoms. The van der Waals surface area contributed by atoms with Crippen LogP contribution in [0.25, 0.3) is 0 Å². The molecule has 0 aliphatic carbocycles. The highest BCUT2D eigenvalue weighted by Gasteiger charge is 2.28. The zero-order valence-electron chi connectivity index (χ0n) is 13.3. The molecule has 1 unspecified atom stereocenters. The molecule has 1 aliphatic heterocycles. The topological polar surface area (TPSA) is 63.1 Å². The van der Waals surface area contributed by atoms with Gasteiger partial charge in [0.25, 0.3) is 5.91 Å². The standard InChI is InChI=1S/C16H20N4O2S/c1-19-14(17-18-16(19)23)12-4-3-9-20(10-12)15(21)11-5-7-13(22-2)8-6-11/h5-8,12H,3-4,9-10H2,1-2H3,(H,18,23). The summed E-state index contributed by atoms with van der Waals surface area (Å²) in [7, 11) is 3.52. The van der Waals surface area contributed by atoms with Gasteiger partial charge in [-0.2, -0.15) is 5.10 Å². The first-order chi connectivity index (χ1) is 11.1. The number of aromatic nitrogens is 3. The maximum Gasteiger partial charge on any atom is 0.253 e. The molecule has 3 rings (SSSR count). The second kappa shape index (κ2) is 6.54. The monoisotopic (exact) mass is 332 g/mol. The van der Waals surface area contributed by atoms with Crippen LogP contribution in [0.5, 0.6) is 5.75 Å². The largest absolute Gasteiger partial charge is 0.497 e. The van der Waals surface area contributed by atoms with Crippen molar-refractivity contribution in [3.05, 3.63) is 40.4 Å². The number of likely N-dealkylation sites (tertiary alicyclic amines) is 1. The minimum atomic E-state index is 0.0501. The van der Waals surface area contributed by atoms with E-state index in [0.29, 0.717) is 16.9 Å². The molecule has 0 radical (unpaired) electrons. The fourth-order valence-corrected chi connectivity index (χ4v) is 3.15. The van der Waals surface area contributed by atoms with Crippen molar-refractivity contribution >= 4 is 18.1 Å². The van der Waals surface area contributed by atoms with Gasteiger partial charge in [0, 0.05) is 31.6 Å². The van der Waals surface area contributed by atoms with Gasteiger partial charge < -0.3 is 14.2 Å². The van der Waals surface area contributed by atoms with Gasteiger partial charge in [0.2, 0.25) is 0 Å². The van der Waals surface area contributed by atoms with Crippen molar-refractivity contribution in [2.45, 2.75) is 18.8 Å². The number of amides is 1. The number of benzene rings is 1.